The number of H-pyrrole nitrogens is 1. The molecule has 3 rings (SSSR count). The molecule has 20 heavy (non-hydrogen) atoms. The third kappa shape index (κ3) is 2.59. The van der Waals surface area contributed by atoms with Crippen molar-refractivity contribution in [2.75, 3.05) is 19.6 Å². The Morgan fingerprint density at radius 1 is 1.35 bits per heavy atom. The summed E-state index contributed by atoms with van der Waals surface area (Å²) in [6, 6.07) is 0. The first kappa shape index (κ1) is 13.6. The number of nitrogens with zero attached hydrogens (tertiary/aromatic N) is 2. The maximum atomic E-state index is 12.8. The molecular formula is C15H24N4O. The van der Waals surface area contributed by atoms with Crippen LogP contribution in [0.2, 0.25) is 0 Å². The molecule has 2 aliphatic rings. The zero-order valence-electron chi connectivity index (χ0n) is 12.4. The largest absolute Gasteiger partial charge is 0.337 e. The van der Waals surface area contributed by atoms with Gasteiger partial charge in [0, 0.05) is 43.9 Å². The molecule has 5 heteroatoms. The number of likely N-dealkylation sites (tertiary alicyclic amines) is 1. The van der Waals surface area contributed by atoms with E-state index >= 15 is 0 Å². The van der Waals surface area contributed by atoms with Crippen molar-refractivity contribution in [1.29, 1.82) is 0 Å². The van der Waals surface area contributed by atoms with Gasteiger partial charge in [-0.2, -0.15) is 5.10 Å². The van der Waals surface area contributed by atoms with Gasteiger partial charge in [0.25, 0.3) is 5.91 Å². The number of aromatic amines is 1. The van der Waals surface area contributed by atoms with Gasteiger partial charge in [0.1, 0.15) is 0 Å². The van der Waals surface area contributed by atoms with Gasteiger partial charge in [-0.25, -0.2) is 0 Å². The zero-order valence-corrected chi connectivity index (χ0v) is 12.4. The van der Waals surface area contributed by atoms with Crippen molar-refractivity contribution in [2.45, 2.75) is 39.7 Å². The van der Waals surface area contributed by atoms with Crippen LogP contribution in [0.4, 0.5) is 0 Å². The minimum atomic E-state index is 0.104. The van der Waals surface area contributed by atoms with E-state index in [0.29, 0.717) is 17.5 Å². The summed E-state index contributed by atoms with van der Waals surface area (Å²) in [5.74, 6) is 1.38. The molecule has 2 unspecified atom stereocenters. The minimum Gasteiger partial charge on any atom is -0.337 e. The number of fused-ring (bicyclic) bond motifs is 1. The Bertz CT molecular complexity index is 496. The molecule has 1 aromatic heterocycles. The number of hydrogen-bond donors (Lipinski definition) is 2. The van der Waals surface area contributed by atoms with Crippen LogP contribution >= 0.6 is 0 Å². The highest BCUT2D eigenvalue weighted by atomic mass is 16.2. The highest BCUT2D eigenvalue weighted by Gasteiger charge is 2.28. The molecule has 110 valence electrons. The van der Waals surface area contributed by atoms with Crippen molar-refractivity contribution in [3.05, 3.63) is 17.0 Å². The summed E-state index contributed by atoms with van der Waals surface area (Å²) in [5.41, 5.74) is 2.84. The van der Waals surface area contributed by atoms with E-state index in [1.807, 2.05) is 4.90 Å². The number of nitrogens with one attached hydrogen (secondary N) is 2. The molecule has 2 aliphatic heterocycles. The molecule has 0 radical (unpaired) electrons. The lowest BCUT2D eigenvalue weighted by Gasteiger charge is -2.23. The topological polar surface area (TPSA) is 61.0 Å². The molecule has 0 aliphatic carbocycles. The zero-order chi connectivity index (χ0) is 14.1. The van der Waals surface area contributed by atoms with Crippen LogP contribution in [-0.4, -0.2) is 40.6 Å². The molecule has 2 N–H and O–H groups in total. The molecule has 1 amide bonds. The molecule has 3 heterocycles. The lowest BCUT2D eigenvalue weighted by molar-refractivity contribution is 0.0737. The second-order valence-electron chi connectivity index (χ2n) is 6.44. The fourth-order valence-corrected chi connectivity index (χ4v) is 3.46. The lowest BCUT2D eigenvalue weighted by atomic mass is 9.97. The molecule has 1 fully saturated rings. The monoisotopic (exact) mass is 276 g/mol. The first-order valence-electron chi connectivity index (χ1n) is 7.71. The normalized spacial score (nSPS) is 27.0. The molecular weight excluding hydrogens is 252 g/mol. The van der Waals surface area contributed by atoms with Crippen LogP contribution < -0.4 is 5.32 Å². The average Bonchev–Trinajstić information content (AvgIpc) is 2.78. The second-order valence-corrected chi connectivity index (χ2v) is 6.44. The van der Waals surface area contributed by atoms with E-state index in [-0.39, 0.29) is 5.91 Å². The quantitative estimate of drug-likeness (QED) is 0.818. The van der Waals surface area contributed by atoms with Gasteiger partial charge in [-0.15, -0.1) is 0 Å². The summed E-state index contributed by atoms with van der Waals surface area (Å²) in [4.78, 5) is 14.8. The Hall–Kier alpha value is -1.36. The van der Waals surface area contributed by atoms with E-state index in [4.69, 9.17) is 0 Å². The summed E-state index contributed by atoms with van der Waals surface area (Å²) < 4.78 is 0. The van der Waals surface area contributed by atoms with Crippen LogP contribution in [0.15, 0.2) is 0 Å². The predicted molar refractivity (Wildman–Crippen MR) is 77.5 cm³/mol. The maximum Gasteiger partial charge on any atom is 0.274 e. The Kier molecular flexibility index (Phi) is 3.78. The highest BCUT2D eigenvalue weighted by Crippen LogP contribution is 2.24. The summed E-state index contributed by atoms with van der Waals surface area (Å²) in [6.07, 6.45) is 3.24. The average molecular weight is 276 g/mol. The Balaban J connectivity index is 1.79. The number of rotatable bonds is 1. The van der Waals surface area contributed by atoms with Crippen molar-refractivity contribution in [1.82, 2.24) is 20.4 Å². The van der Waals surface area contributed by atoms with Crippen LogP contribution in [0.3, 0.4) is 0 Å². The van der Waals surface area contributed by atoms with Crippen molar-refractivity contribution in [3.8, 4) is 0 Å². The van der Waals surface area contributed by atoms with E-state index in [2.05, 4.69) is 29.4 Å². The molecule has 2 atom stereocenters. The highest BCUT2D eigenvalue weighted by molar-refractivity contribution is 5.94. The number of hydrogen-bond acceptors (Lipinski definition) is 3. The third-order valence-electron chi connectivity index (χ3n) is 4.52. The smallest absolute Gasteiger partial charge is 0.274 e. The summed E-state index contributed by atoms with van der Waals surface area (Å²) in [5, 5.41) is 10.7. The van der Waals surface area contributed by atoms with E-state index in [9.17, 15) is 4.79 Å². The van der Waals surface area contributed by atoms with E-state index < -0.39 is 0 Å². The van der Waals surface area contributed by atoms with Gasteiger partial charge < -0.3 is 10.2 Å². The molecule has 0 spiro atoms. The standard InChI is InChI=1S/C15H24N4O/c1-10-4-6-19(9-11(2)7-10)15(20)14-12-8-16-5-3-13(12)17-18-14/h10-11,16H,3-9H2,1-2H3,(H,17,18). The number of carbonyl (C=O) groups is 1. The van der Waals surface area contributed by atoms with Gasteiger partial charge in [0.15, 0.2) is 5.69 Å². The van der Waals surface area contributed by atoms with Crippen LogP contribution in [0.1, 0.15) is 48.4 Å². The fourth-order valence-electron chi connectivity index (χ4n) is 3.46. The van der Waals surface area contributed by atoms with Crippen LogP contribution in [0, 0.1) is 11.8 Å². The van der Waals surface area contributed by atoms with Crippen LogP contribution in [0.5, 0.6) is 0 Å². The maximum absolute atomic E-state index is 12.8. The summed E-state index contributed by atoms with van der Waals surface area (Å²) in [7, 11) is 0. The van der Waals surface area contributed by atoms with Gasteiger partial charge in [0.2, 0.25) is 0 Å². The molecule has 0 saturated carbocycles. The van der Waals surface area contributed by atoms with Gasteiger partial charge in [-0.3, -0.25) is 9.89 Å². The first-order chi connectivity index (χ1) is 9.65. The Labute approximate surface area is 120 Å². The fraction of sp³-hybridized carbons (Fsp3) is 0.733. The van der Waals surface area contributed by atoms with Gasteiger partial charge >= 0.3 is 0 Å². The van der Waals surface area contributed by atoms with E-state index in [1.165, 1.54) is 6.42 Å². The van der Waals surface area contributed by atoms with E-state index in [1.54, 1.807) is 0 Å². The molecule has 5 nitrogen and oxygen atoms in total. The van der Waals surface area contributed by atoms with E-state index in [0.717, 1.165) is 50.3 Å². The Morgan fingerprint density at radius 2 is 2.20 bits per heavy atom. The second kappa shape index (κ2) is 5.56. The van der Waals surface area contributed by atoms with Crippen molar-refractivity contribution >= 4 is 5.91 Å². The lowest BCUT2D eigenvalue weighted by Crippen LogP contribution is -2.35. The molecule has 0 bridgehead atoms. The summed E-state index contributed by atoms with van der Waals surface area (Å²) in [6.45, 7) is 7.96. The number of amides is 1. The SMILES string of the molecule is CC1CCN(C(=O)c2n[nH]c3c2CNCC3)CC(C)C1. The Morgan fingerprint density at radius 3 is 3.05 bits per heavy atom. The van der Waals surface area contributed by atoms with Crippen LogP contribution in [-0.2, 0) is 13.0 Å². The van der Waals surface area contributed by atoms with Crippen molar-refractivity contribution < 1.29 is 4.79 Å². The predicted octanol–water partition coefficient (Wildman–Crippen LogP) is 1.56. The number of aromatic nitrogens is 2. The first-order valence-corrected chi connectivity index (χ1v) is 7.71. The van der Waals surface area contributed by atoms with Gasteiger partial charge in [0.05, 0.1) is 0 Å². The van der Waals surface area contributed by atoms with Gasteiger partial charge in [-0.1, -0.05) is 13.8 Å². The molecule has 0 aromatic carbocycles. The van der Waals surface area contributed by atoms with Crippen LogP contribution in [0.25, 0.3) is 0 Å². The minimum absolute atomic E-state index is 0.104. The molecule has 1 saturated heterocycles. The summed E-state index contributed by atoms with van der Waals surface area (Å²) >= 11 is 0. The van der Waals surface area contributed by atoms with Crippen molar-refractivity contribution in [3.63, 3.8) is 0 Å². The van der Waals surface area contributed by atoms with Gasteiger partial charge in [-0.05, 0) is 24.7 Å². The van der Waals surface area contributed by atoms with Crippen molar-refractivity contribution in [2.24, 2.45) is 11.8 Å². The molecule has 1 aromatic rings. The number of carbonyl (C=O) groups excluding carboxylic acids is 1. The third-order valence-corrected chi connectivity index (χ3v) is 4.52.